The summed E-state index contributed by atoms with van der Waals surface area (Å²) in [4.78, 5) is 11.3. The van der Waals surface area contributed by atoms with Crippen LogP contribution in [0.5, 0.6) is 0 Å². The van der Waals surface area contributed by atoms with Crippen LogP contribution >= 0.6 is 0 Å². The van der Waals surface area contributed by atoms with Gasteiger partial charge in [0.05, 0.1) is 0 Å². The van der Waals surface area contributed by atoms with E-state index in [1.165, 1.54) is 11.1 Å². The third-order valence-electron chi connectivity index (χ3n) is 3.52. The second kappa shape index (κ2) is 6.09. The van der Waals surface area contributed by atoms with Crippen LogP contribution in [0.3, 0.4) is 0 Å². The van der Waals surface area contributed by atoms with Gasteiger partial charge in [0.1, 0.15) is 5.78 Å². The zero-order valence-electron chi connectivity index (χ0n) is 11.2. The Morgan fingerprint density at radius 3 is 2.00 bits per heavy atom. The summed E-state index contributed by atoms with van der Waals surface area (Å²) in [5.41, 5.74) is 2.94. The summed E-state index contributed by atoms with van der Waals surface area (Å²) >= 11 is 0. The Kier molecular flexibility index (Phi) is 5.85. The molecule has 0 aliphatic heterocycles. The Hall–Kier alpha value is -0.590. The van der Waals surface area contributed by atoms with Crippen LogP contribution in [0, 0.1) is 5.41 Å². The van der Waals surface area contributed by atoms with Crippen molar-refractivity contribution in [1.82, 2.24) is 0 Å². The second-order valence-corrected chi connectivity index (χ2v) is 4.95. The summed E-state index contributed by atoms with van der Waals surface area (Å²) in [5.74, 6) is 0.300. The molecule has 0 aliphatic carbocycles. The molecular weight excluding hydrogens is 184 g/mol. The predicted octanol–water partition coefficient (Wildman–Crippen LogP) is 4.52. The lowest BCUT2D eigenvalue weighted by Gasteiger charge is -2.31. The summed E-state index contributed by atoms with van der Waals surface area (Å²) in [7, 11) is 0. The lowest BCUT2D eigenvalue weighted by atomic mass is 9.73. The number of carbonyl (C=O) groups excluding carboxylic acids is 1. The molecule has 15 heavy (non-hydrogen) atoms. The van der Waals surface area contributed by atoms with Gasteiger partial charge in [-0.2, -0.15) is 0 Å². The minimum atomic E-state index is 0.0840. The van der Waals surface area contributed by atoms with Crippen molar-refractivity contribution in [3.8, 4) is 0 Å². The molecule has 0 radical (unpaired) electrons. The van der Waals surface area contributed by atoms with E-state index < -0.39 is 0 Å². The molecule has 0 amide bonds. The quantitative estimate of drug-likeness (QED) is 0.589. The maximum atomic E-state index is 11.3. The monoisotopic (exact) mass is 210 g/mol. The average Bonchev–Trinajstić information content (AvgIpc) is 2.14. The number of rotatable bonds is 6. The molecule has 1 nitrogen and oxygen atoms in total. The molecule has 0 aromatic heterocycles. The summed E-state index contributed by atoms with van der Waals surface area (Å²) < 4.78 is 0. The summed E-state index contributed by atoms with van der Waals surface area (Å²) in [6, 6.07) is 0. The van der Waals surface area contributed by atoms with Crippen LogP contribution < -0.4 is 0 Å². The Morgan fingerprint density at radius 1 is 1.13 bits per heavy atom. The van der Waals surface area contributed by atoms with Crippen LogP contribution in [0.1, 0.15) is 67.2 Å². The molecule has 0 aromatic rings. The normalized spacial score (nSPS) is 16.9. The highest BCUT2D eigenvalue weighted by molar-refractivity contribution is 5.76. The van der Waals surface area contributed by atoms with E-state index in [4.69, 9.17) is 0 Å². The Balaban J connectivity index is 5.00. The highest BCUT2D eigenvalue weighted by Crippen LogP contribution is 2.38. The van der Waals surface area contributed by atoms with Crippen molar-refractivity contribution < 1.29 is 4.79 Å². The van der Waals surface area contributed by atoms with Gasteiger partial charge in [-0.05, 0) is 39.0 Å². The molecular formula is C14H26O. The number of Topliss-reactive ketones (excluding diaryl/α,β-unsaturated/α-hetero) is 1. The zero-order valence-corrected chi connectivity index (χ0v) is 11.2. The molecule has 0 saturated carbocycles. The molecule has 0 spiro atoms. The first kappa shape index (κ1) is 14.4. The van der Waals surface area contributed by atoms with Crippen LogP contribution in [-0.4, -0.2) is 5.78 Å². The van der Waals surface area contributed by atoms with E-state index in [0.29, 0.717) is 12.2 Å². The third kappa shape index (κ3) is 4.19. The van der Waals surface area contributed by atoms with Gasteiger partial charge in [0.2, 0.25) is 0 Å². The van der Waals surface area contributed by atoms with Crippen molar-refractivity contribution in [2.24, 2.45) is 5.41 Å². The van der Waals surface area contributed by atoms with E-state index in [2.05, 4.69) is 34.6 Å². The maximum absolute atomic E-state index is 11.3. The smallest absolute Gasteiger partial charge is 0.130 e. The second-order valence-electron chi connectivity index (χ2n) is 4.95. The van der Waals surface area contributed by atoms with Gasteiger partial charge in [0, 0.05) is 6.42 Å². The SMILES string of the molecule is CCCC(C)(CC(C)=O)C(C)=C(C)CC. The van der Waals surface area contributed by atoms with E-state index in [0.717, 1.165) is 19.3 Å². The number of hydrogen-bond donors (Lipinski definition) is 0. The van der Waals surface area contributed by atoms with E-state index in [1.807, 2.05) is 0 Å². The fraction of sp³-hybridized carbons (Fsp3) is 0.786. The molecule has 0 heterocycles. The highest BCUT2D eigenvalue weighted by atomic mass is 16.1. The van der Waals surface area contributed by atoms with Gasteiger partial charge >= 0.3 is 0 Å². The fourth-order valence-corrected chi connectivity index (χ4v) is 2.29. The number of allylic oxidation sites excluding steroid dienone is 2. The van der Waals surface area contributed by atoms with Gasteiger partial charge in [0.25, 0.3) is 0 Å². The van der Waals surface area contributed by atoms with Gasteiger partial charge in [-0.15, -0.1) is 0 Å². The number of ketones is 1. The third-order valence-corrected chi connectivity index (χ3v) is 3.52. The first-order valence-electron chi connectivity index (χ1n) is 6.03. The minimum absolute atomic E-state index is 0.0840. The van der Waals surface area contributed by atoms with Crippen molar-refractivity contribution in [2.75, 3.05) is 0 Å². The lowest BCUT2D eigenvalue weighted by Crippen LogP contribution is -2.22. The molecule has 88 valence electrons. The molecule has 0 saturated heterocycles. The topological polar surface area (TPSA) is 17.1 Å². The summed E-state index contributed by atoms with van der Waals surface area (Å²) in [6.07, 6.45) is 4.01. The first-order chi connectivity index (χ1) is 6.87. The Labute approximate surface area is 95.0 Å². The molecule has 0 aliphatic rings. The zero-order chi connectivity index (χ0) is 12.1. The number of carbonyl (C=O) groups is 1. The maximum Gasteiger partial charge on any atom is 0.130 e. The van der Waals surface area contributed by atoms with Crippen molar-refractivity contribution in [3.05, 3.63) is 11.1 Å². The van der Waals surface area contributed by atoms with Crippen molar-refractivity contribution in [3.63, 3.8) is 0 Å². The van der Waals surface area contributed by atoms with Crippen molar-refractivity contribution in [2.45, 2.75) is 67.2 Å². The van der Waals surface area contributed by atoms with Crippen LogP contribution in [0.2, 0.25) is 0 Å². The molecule has 0 rings (SSSR count). The summed E-state index contributed by atoms with van der Waals surface area (Å²) in [6.45, 7) is 12.7. The lowest BCUT2D eigenvalue weighted by molar-refractivity contribution is -0.118. The van der Waals surface area contributed by atoms with Gasteiger partial charge < -0.3 is 0 Å². The Morgan fingerprint density at radius 2 is 1.67 bits per heavy atom. The van der Waals surface area contributed by atoms with Crippen molar-refractivity contribution >= 4 is 5.78 Å². The predicted molar refractivity (Wildman–Crippen MR) is 67.0 cm³/mol. The van der Waals surface area contributed by atoms with Crippen LogP contribution in [0.15, 0.2) is 11.1 Å². The molecule has 0 aromatic carbocycles. The van der Waals surface area contributed by atoms with Gasteiger partial charge in [-0.25, -0.2) is 0 Å². The summed E-state index contributed by atoms with van der Waals surface area (Å²) in [5, 5.41) is 0. The van der Waals surface area contributed by atoms with Crippen molar-refractivity contribution in [1.29, 1.82) is 0 Å². The van der Waals surface area contributed by atoms with Gasteiger partial charge in [-0.3, -0.25) is 4.79 Å². The molecule has 1 heteroatoms. The van der Waals surface area contributed by atoms with E-state index >= 15 is 0 Å². The Bertz CT molecular complexity index is 250. The first-order valence-corrected chi connectivity index (χ1v) is 6.03. The van der Waals surface area contributed by atoms with Gasteiger partial charge in [-0.1, -0.05) is 38.3 Å². The standard InChI is InChI=1S/C14H26O/c1-7-9-14(6,10-12(4)15)13(5)11(3)8-2/h7-10H2,1-6H3. The van der Waals surface area contributed by atoms with Gasteiger partial charge in [0.15, 0.2) is 0 Å². The minimum Gasteiger partial charge on any atom is -0.300 e. The fourth-order valence-electron chi connectivity index (χ4n) is 2.29. The molecule has 1 unspecified atom stereocenters. The van der Waals surface area contributed by atoms with Crippen LogP contribution in [0.25, 0.3) is 0 Å². The van der Waals surface area contributed by atoms with Crippen LogP contribution in [-0.2, 0) is 4.79 Å². The van der Waals surface area contributed by atoms with E-state index in [1.54, 1.807) is 6.92 Å². The largest absolute Gasteiger partial charge is 0.300 e. The highest BCUT2D eigenvalue weighted by Gasteiger charge is 2.27. The van der Waals surface area contributed by atoms with Crippen LogP contribution in [0.4, 0.5) is 0 Å². The average molecular weight is 210 g/mol. The van der Waals surface area contributed by atoms with E-state index in [-0.39, 0.29) is 5.41 Å². The molecule has 0 fully saturated rings. The number of hydrogen-bond acceptors (Lipinski definition) is 1. The van der Waals surface area contributed by atoms with E-state index in [9.17, 15) is 4.79 Å². The molecule has 1 atom stereocenters. The molecule has 0 N–H and O–H groups in total. The molecule has 0 bridgehead atoms.